The maximum Gasteiger partial charge on any atom is 0.294 e. The molecular weight excluding hydrogens is 500 g/mol. The van der Waals surface area contributed by atoms with Crippen molar-refractivity contribution < 1.29 is 30.5 Å². The van der Waals surface area contributed by atoms with Crippen LogP contribution in [-0.2, 0) is 31.1 Å². The zero-order chi connectivity index (χ0) is 26.8. The van der Waals surface area contributed by atoms with Crippen LogP contribution in [0.4, 0.5) is 11.4 Å². The number of fused-ring (bicyclic) bond motifs is 2. The summed E-state index contributed by atoms with van der Waals surface area (Å²) in [5, 5.41) is 0. The summed E-state index contributed by atoms with van der Waals surface area (Å²) < 4.78 is 69.7. The standard InChI is InChI=1S/C26H30N2O6S2/c1-7-28-22-14-12-18(36(32,33)34)16-20(22)26(4,5)24(28)10-8-9-23-25(2,3)19-15-17(35(29,30)31)11-13-21(19)27(23)6/h8-16H,7H2,1-6H3,(H-,29,30,31,32,33,34). The van der Waals surface area contributed by atoms with Crippen LogP contribution in [0.5, 0.6) is 0 Å². The van der Waals surface area contributed by atoms with E-state index >= 15 is 0 Å². The predicted octanol–water partition coefficient (Wildman–Crippen LogP) is 4.10. The lowest BCUT2D eigenvalue weighted by molar-refractivity contribution is -0.401. The van der Waals surface area contributed by atoms with Crippen LogP contribution in [0, 0.1) is 0 Å². The van der Waals surface area contributed by atoms with Gasteiger partial charge in [-0.1, -0.05) is 19.9 Å². The summed E-state index contributed by atoms with van der Waals surface area (Å²) >= 11 is 0. The molecule has 10 heteroatoms. The minimum absolute atomic E-state index is 0.140. The Morgan fingerprint density at radius 2 is 1.58 bits per heavy atom. The Morgan fingerprint density at radius 3 is 2.17 bits per heavy atom. The first-order valence-electron chi connectivity index (χ1n) is 11.5. The lowest BCUT2D eigenvalue weighted by atomic mass is 9.81. The molecule has 0 fully saturated rings. The Labute approximate surface area is 212 Å². The molecule has 192 valence electrons. The fourth-order valence-electron chi connectivity index (χ4n) is 5.36. The van der Waals surface area contributed by atoms with E-state index in [2.05, 4.69) is 4.90 Å². The lowest BCUT2D eigenvalue weighted by Gasteiger charge is -2.25. The second kappa shape index (κ2) is 8.37. The Morgan fingerprint density at radius 1 is 0.972 bits per heavy atom. The SMILES string of the molecule is CCN1/C(=C/C=C/C2=[N+](C)c3ccc(S(=O)(=O)O)cc3C2(C)C)C(C)(C)c2cc(S(=O)(=O)[O-])ccc21. The topological polar surface area (TPSA) is 118 Å². The highest BCUT2D eigenvalue weighted by molar-refractivity contribution is 7.86. The number of hydrogen-bond donors (Lipinski definition) is 1. The molecule has 0 bridgehead atoms. The molecule has 2 heterocycles. The van der Waals surface area contributed by atoms with Gasteiger partial charge in [0.1, 0.15) is 17.2 Å². The normalized spacial score (nSPS) is 19.9. The van der Waals surface area contributed by atoms with Gasteiger partial charge >= 0.3 is 0 Å². The summed E-state index contributed by atoms with van der Waals surface area (Å²) in [6.07, 6.45) is 5.89. The lowest BCUT2D eigenvalue weighted by Crippen LogP contribution is -2.27. The van der Waals surface area contributed by atoms with Gasteiger partial charge in [0.15, 0.2) is 5.71 Å². The Kier molecular flexibility index (Phi) is 6.11. The number of anilines is 1. The van der Waals surface area contributed by atoms with Crippen molar-refractivity contribution in [1.82, 2.24) is 0 Å². The van der Waals surface area contributed by atoms with Crippen LogP contribution in [0.3, 0.4) is 0 Å². The Balaban J connectivity index is 1.74. The molecule has 0 aromatic heterocycles. The largest absolute Gasteiger partial charge is 0.744 e. The van der Waals surface area contributed by atoms with Crippen molar-refractivity contribution in [2.75, 3.05) is 18.5 Å². The van der Waals surface area contributed by atoms with Gasteiger partial charge in [0, 0.05) is 41.1 Å². The smallest absolute Gasteiger partial charge is 0.294 e. The van der Waals surface area contributed by atoms with Crippen molar-refractivity contribution in [3.05, 3.63) is 71.5 Å². The molecule has 0 atom stereocenters. The van der Waals surface area contributed by atoms with Gasteiger partial charge in [-0.3, -0.25) is 4.55 Å². The predicted molar refractivity (Wildman–Crippen MR) is 138 cm³/mol. The molecule has 0 radical (unpaired) electrons. The minimum Gasteiger partial charge on any atom is -0.744 e. The van der Waals surface area contributed by atoms with Crippen LogP contribution in [0.15, 0.2) is 70.1 Å². The molecule has 2 aromatic rings. The van der Waals surface area contributed by atoms with E-state index in [4.69, 9.17) is 0 Å². The molecule has 0 saturated carbocycles. The van der Waals surface area contributed by atoms with Gasteiger partial charge < -0.3 is 9.45 Å². The van der Waals surface area contributed by atoms with Crippen molar-refractivity contribution >= 4 is 37.3 Å². The fraction of sp³-hybridized carbons (Fsp3) is 0.346. The molecule has 2 aliphatic rings. The van der Waals surface area contributed by atoms with Crippen LogP contribution < -0.4 is 4.90 Å². The number of rotatable bonds is 5. The number of benzene rings is 2. The summed E-state index contributed by atoms with van der Waals surface area (Å²) in [5.41, 5.74) is 4.14. The average Bonchev–Trinajstić information content (AvgIpc) is 3.11. The zero-order valence-corrected chi connectivity index (χ0v) is 22.7. The zero-order valence-electron chi connectivity index (χ0n) is 21.1. The van der Waals surface area contributed by atoms with Gasteiger partial charge in [-0.05, 0) is 62.7 Å². The third kappa shape index (κ3) is 4.11. The van der Waals surface area contributed by atoms with Crippen LogP contribution in [0.2, 0.25) is 0 Å². The van der Waals surface area contributed by atoms with Crippen LogP contribution in [-0.4, -0.2) is 49.8 Å². The maximum atomic E-state index is 11.7. The van der Waals surface area contributed by atoms with Crippen molar-refractivity contribution in [2.45, 2.75) is 55.2 Å². The molecule has 0 aliphatic carbocycles. The number of nitrogens with zero attached hydrogens (tertiary/aromatic N) is 2. The highest BCUT2D eigenvalue weighted by Gasteiger charge is 2.44. The molecule has 1 N–H and O–H groups in total. The summed E-state index contributed by atoms with van der Waals surface area (Å²) in [6, 6.07) is 9.10. The first-order chi connectivity index (χ1) is 16.5. The summed E-state index contributed by atoms with van der Waals surface area (Å²) in [7, 11) is -6.97. The molecular formula is C26H30N2O6S2. The fourth-order valence-corrected chi connectivity index (χ4v) is 6.36. The van der Waals surface area contributed by atoms with Crippen molar-refractivity contribution in [3.63, 3.8) is 0 Å². The third-order valence-corrected chi connectivity index (χ3v) is 8.96. The van der Waals surface area contributed by atoms with E-state index in [1.165, 1.54) is 24.3 Å². The Hall–Kier alpha value is -2.79. The van der Waals surface area contributed by atoms with Gasteiger partial charge in [-0.25, -0.2) is 8.42 Å². The molecule has 8 nitrogen and oxygen atoms in total. The minimum atomic E-state index is -4.57. The molecule has 0 spiro atoms. The third-order valence-electron chi connectivity index (χ3n) is 7.28. The first-order valence-corrected chi connectivity index (χ1v) is 14.4. The van der Waals surface area contributed by atoms with Gasteiger partial charge in [-0.15, -0.1) is 0 Å². The highest BCUT2D eigenvalue weighted by Crippen LogP contribution is 2.48. The van der Waals surface area contributed by atoms with Crippen LogP contribution >= 0.6 is 0 Å². The molecule has 4 rings (SSSR count). The molecule has 2 aliphatic heterocycles. The second-order valence-electron chi connectivity index (χ2n) is 10.1. The summed E-state index contributed by atoms with van der Waals surface area (Å²) in [4.78, 5) is 1.72. The van der Waals surface area contributed by atoms with E-state index in [0.29, 0.717) is 6.54 Å². The quantitative estimate of drug-likeness (QED) is 0.457. The first kappa shape index (κ1) is 26.3. The molecule has 36 heavy (non-hydrogen) atoms. The summed E-state index contributed by atoms with van der Waals surface area (Å²) in [5.74, 6) is 0. The van der Waals surface area contributed by atoms with Crippen LogP contribution in [0.1, 0.15) is 45.7 Å². The van der Waals surface area contributed by atoms with Crippen LogP contribution in [0.25, 0.3) is 0 Å². The summed E-state index contributed by atoms with van der Waals surface area (Å²) in [6.45, 7) is 10.6. The number of likely N-dealkylation sites (N-methyl/N-ethyl adjacent to an activating group) is 1. The average molecular weight is 531 g/mol. The maximum absolute atomic E-state index is 11.7. The highest BCUT2D eigenvalue weighted by atomic mass is 32.2. The van der Waals surface area contributed by atoms with Gasteiger partial charge in [0.05, 0.1) is 15.2 Å². The van der Waals surface area contributed by atoms with Gasteiger partial charge in [-0.2, -0.15) is 13.0 Å². The van der Waals surface area contributed by atoms with Crippen molar-refractivity contribution in [1.29, 1.82) is 0 Å². The number of hydrogen-bond acceptors (Lipinski definition) is 6. The van der Waals surface area contributed by atoms with E-state index in [9.17, 15) is 25.9 Å². The number of allylic oxidation sites excluding steroid dienone is 4. The van der Waals surface area contributed by atoms with E-state index in [1.54, 1.807) is 12.1 Å². The van der Waals surface area contributed by atoms with Crippen molar-refractivity contribution in [2.24, 2.45) is 0 Å². The van der Waals surface area contributed by atoms with Crippen molar-refractivity contribution in [3.8, 4) is 0 Å². The molecule has 0 unspecified atom stereocenters. The van der Waals surface area contributed by atoms with E-state index < -0.39 is 31.1 Å². The monoisotopic (exact) mass is 530 g/mol. The Bertz CT molecular complexity index is 1580. The van der Waals surface area contributed by atoms with Gasteiger partial charge in [0.2, 0.25) is 5.69 Å². The van der Waals surface area contributed by atoms with E-state index in [1.807, 2.05) is 64.5 Å². The molecule has 0 saturated heterocycles. The molecule has 0 amide bonds. The molecule has 2 aromatic carbocycles. The van der Waals surface area contributed by atoms with E-state index in [-0.39, 0.29) is 9.79 Å². The second-order valence-corrected chi connectivity index (χ2v) is 12.9. The van der Waals surface area contributed by atoms with Gasteiger partial charge in [0.25, 0.3) is 10.1 Å². The van der Waals surface area contributed by atoms with E-state index in [0.717, 1.165) is 33.9 Å².